The van der Waals surface area contributed by atoms with Gasteiger partial charge in [0.2, 0.25) is 0 Å². The third-order valence-electron chi connectivity index (χ3n) is 3.35. The fourth-order valence-electron chi connectivity index (χ4n) is 2.15. The lowest BCUT2D eigenvalue weighted by Gasteiger charge is -2.26. The Balaban J connectivity index is 2.27. The maximum atomic E-state index is 14.2. The molecule has 0 spiro atoms. The maximum Gasteiger partial charge on any atom is 0.309 e. The molecule has 1 heterocycles. The first kappa shape index (κ1) is 13.8. The van der Waals surface area contributed by atoms with Crippen molar-refractivity contribution in [3.05, 3.63) is 29.3 Å². The van der Waals surface area contributed by atoms with Crippen molar-refractivity contribution >= 4 is 5.97 Å². The Labute approximate surface area is 110 Å². The number of benzene rings is 1. The van der Waals surface area contributed by atoms with Gasteiger partial charge in [0.25, 0.3) is 5.92 Å². The van der Waals surface area contributed by atoms with Gasteiger partial charge < -0.3 is 9.84 Å². The Morgan fingerprint density at radius 2 is 2.11 bits per heavy atom. The van der Waals surface area contributed by atoms with E-state index in [1.54, 1.807) is 0 Å². The van der Waals surface area contributed by atoms with Crippen molar-refractivity contribution in [1.82, 2.24) is 0 Å². The minimum absolute atomic E-state index is 0.147. The van der Waals surface area contributed by atoms with Crippen LogP contribution in [0, 0.1) is 5.41 Å². The zero-order valence-corrected chi connectivity index (χ0v) is 10.9. The van der Waals surface area contributed by atoms with Gasteiger partial charge in [0, 0.05) is 18.4 Å². The van der Waals surface area contributed by atoms with Crippen LogP contribution in [0.5, 0.6) is 5.75 Å². The molecule has 0 fully saturated rings. The molecular formula is C14H16F2O3. The van der Waals surface area contributed by atoms with E-state index in [2.05, 4.69) is 0 Å². The second kappa shape index (κ2) is 4.47. The van der Waals surface area contributed by atoms with Crippen LogP contribution in [-0.4, -0.2) is 17.7 Å². The molecule has 104 valence electrons. The van der Waals surface area contributed by atoms with E-state index in [0.717, 1.165) is 5.56 Å². The smallest absolute Gasteiger partial charge is 0.309 e. The number of carboxylic acids is 1. The van der Waals surface area contributed by atoms with E-state index in [0.29, 0.717) is 18.8 Å². The quantitative estimate of drug-likeness (QED) is 0.913. The van der Waals surface area contributed by atoms with Crippen LogP contribution in [0.4, 0.5) is 8.78 Å². The van der Waals surface area contributed by atoms with Crippen molar-refractivity contribution in [2.45, 2.75) is 32.6 Å². The standard InChI is InChI=1S/C14H16F2O3/c1-13(2,12(17)18)8-14(15,16)10-3-4-11-9(7-10)5-6-19-11/h3-4,7H,5-6,8H2,1-2H3,(H,17,18). The Morgan fingerprint density at radius 1 is 1.42 bits per heavy atom. The first-order chi connectivity index (χ1) is 8.72. The summed E-state index contributed by atoms with van der Waals surface area (Å²) in [5.41, 5.74) is -0.865. The molecule has 1 aromatic rings. The zero-order valence-electron chi connectivity index (χ0n) is 10.9. The lowest BCUT2D eigenvalue weighted by atomic mass is 9.84. The molecular weight excluding hydrogens is 254 g/mol. The number of alkyl halides is 2. The fourth-order valence-corrected chi connectivity index (χ4v) is 2.15. The summed E-state index contributed by atoms with van der Waals surface area (Å²) in [5.74, 6) is -3.76. The van der Waals surface area contributed by atoms with Crippen LogP contribution in [0.3, 0.4) is 0 Å². The first-order valence-electron chi connectivity index (χ1n) is 6.10. The number of carbonyl (C=O) groups is 1. The molecule has 5 heteroatoms. The van der Waals surface area contributed by atoms with E-state index in [4.69, 9.17) is 9.84 Å². The normalized spacial score (nSPS) is 14.9. The first-order valence-corrected chi connectivity index (χ1v) is 6.10. The number of aliphatic carboxylic acids is 1. The summed E-state index contributed by atoms with van der Waals surface area (Å²) in [7, 11) is 0. The van der Waals surface area contributed by atoms with Gasteiger partial charge in [-0.1, -0.05) is 0 Å². The third kappa shape index (κ3) is 2.69. The molecule has 0 bridgehead atoms. The van der Waals surface area contributed by atoms with Gasteiger partial charge >= 0.3 is 5.97 Å². The summed E-state index contributed by atoms with van der Waals surface area (Å²) in [5, 5.41) is 8.95. The number of hydrogen-bond acceptors (Lipinski definition) is 2. The molecule has 3 nitrogen and oxygen atoms in total. The van der Waals surface area contributed by atoms with Crippen molar-refractivity contribution in [2.75, 3.05) is 6.61 Å². The molecule has 0 aliphatic carbocycles. The summed E-state index contributed by atoms with van der Waals surface area (Å²) >= 11 is 0. The second-order valence-electron chi connectivity index (χ2n) is 5.49. The summed E-state index contributed by atoms with van der Waals surface area (Å²) in [4.78, 5) is 11.0. The van der Waals surface area contributed by atoms with Crippen LogP contribution >= 0.6 is 0 Å². The predicted octanol–water partition coefficient (Wildman–Crippen LogP) is 3.21. The molecule has 0 aromatic heterocycles. The van der Waals surface area contributed by atoms with E-state index in [1.165, 1.54) is 32.0 Å². The number of hydrogen-bond donors (Lipinski definition) is 1. The Hall–Kier alpha value is -1.65. The highest BCUT2D eigenvalue weighted by Gasteiger charge is 2.42. The van der Waals surface area contributed by atoms with E-state index >= 15 is 0 Å². The van der Waals surface area contributed by atoms with Gasteiger partial charge in [0.05, 0.1) is 12.0 Å². The molecule has 1 aliphatic heterocycles. The molecule has 0 saturated heterocycles. The zero-order chi connectivity index (χ0) is 14.3. The minimum Gasteiger partial charge on any atom is -0.493 e. The topological polar surface area (TPSA) is 46.5 Å². The van der Waals surface area contributed by atoms with Crippen molar-refractivity contribution in [2.24, 2.45) is 5.41 Å². The lowest BCUT2D eigenvalue weighted by Crippen LogP contribution is -2.31. The van der Waals surface area contributed by atoms with Gasteiger partial charge in [-0.25, -0.2) is 8.78 Å². The van der Waals surface area contributed by atoms with Crippen LogP contribution in [0.2, 0.25) is 0 Å². The van der Waals surface area contributed by atoms with Crippen LogP contribution in [0.25, 0.3) is 0 Å². The van der Waals surface area contributed by atoms with E-state index in [9.17, 15) is 13.6 Å². The van der Waals surface area contributed by atoms with E-state index in [-0.39, 0.29) is 5.56 Å². The molecule has 0 unspecified atom stereocenters. The molecule has 1 aromatic carbocycles. The Morgan fingerprint density at radius 3 is 2.74 bits per heavy atom. The summed E-state index contributed by atoms with van der Waals surface area (Å²) in [6.45, 7) is 3.12. The summed E-state index contributed by atoms with van der Waals surface area (Å²) in [6, 6.07) is 4.25. The van der Waals surface area contributed by atoms with E-state index < -0.39 is 23.7 Å². The molecule has 0 radical (unpaired) electrons. The molecule has 0 saturated carbocycles. The highest BCUT2D eigenvalue weighted by molar-refractivity contribution is 5.73. The second-order valence-corrected chi connectivity index (χ2v) is 5.49. The van der Waals surface area contributed by atoms with Crippen LogP contribution in [0.1, 0.15) is 31.4 Å². The third-order valence-corrected chi connectivity index (χ3v) is 3.35. The van der Waals surface area contributed by atoms with E-state index in [1.807, 2.05) is 0 Å². The van der Waals surface area contributed by atoms with Gasteiger partial charge in [0.15, 0.2) is 0 Å². The number of carboxylic acid groups (broad SMARTS) is 1. The highest BCUT2D eigenvalue weighted by atomic mass is 19.3. The van der Waals surface area contributed by atoms with Crippen molar-refractivity contribution in [3.63, 3.8) is 0 Å². The van der Waals surface area contributed by atoms with Gasteiger partial charge in [-0.15, -0.1) is 0 Å². The average molecular weight is 270 g/mol. The van der Waals surface area contributed by atoms with Gasteiger partial charge in [0.1, 0.15) is 5.75 Å². The summed E-state index contributed by atoms with van der Waals surface area (Å²) < 4.78 is 33.6. The number of rotatable bonds is 4. The Kier molecular flexibility index (Phi) is 3.24. The molecule has 2 rings (SSSR count). The SMILES string of the molecule is CC(C)(CC(F)(F)c1ccc2c(c1)CCO2)C(=O)O. The predicted molar refractivity (Wildman–Crippen MR) is 65.6 cm³/mol. The van der Waals surface area contributed by atoms with Gasteiger partial charge in [-0.05, 0) is 37.6 Å². The highest BCUT2D eigenvalue weighted by Crippen LogP contribution is 2.41. The summed E-state index contributed by atoms with van der Waals surface area (Å²) in [6.07, 6.45) is -0.115. The largest absolute Gasteiger partial charge is 0.493 e. The molecule has 0 amide bonds. The number of halogens is 2. The fraction of sp³-hybridized carbons (Fsp3) is 0.500. The molecule has 19 heavy (non-hydrogen) atoms. The van der Waals surface area contributed by atoms with Gasteiger partial charge in [-0.3, -0.25) is 4.79 Å². The van der Waals surface area contributed by atoms with Crippen molar-refractivity contribution in [1.29, 1.82) is 0 Å². The number of ether oxygens (including phenoxy) is 1. The van der Waals surface area contributed by atoms with Crippen LogP contribution in [-0.2, 0) is 17.1 Å². The van der Waals surface area contributed by atoms with Crippen LogP contribution < -0.4 is 4.74 Å². The van der Waals surface area contributed by atoms with Crippen LogP contribution in [0.15, 0.2) is 18.2 Å². The van der Waals surface area contributed by atoms with Gasteiger partial charge in [-0.2, -0.15) is 0 Å². The average Bonchev–Trinajstić information content (AvgIpc) is 2.73. The Bertz CT molecular complexity index is 509. The van der Waals surface area contributed by atoms with Crippen molar-refractivity contribution in [3.8, 4) is 5.75 Å². The molecule has 0 atom stereocenters. The lowest BCUT2D eigenvalue weighted by molar-refractivity contribution is -0.153. The molecule has 1 N–H and O–H groups in total. The maximum absolute atomic E-state index is 14.2. The molecule has 1 aliphatic rings. The minimum atomic E-state index is -3.17. The van der Waals surface area contributed by atoms with Crippen molar-refractivity contribution < 1.29 is 23.4 Å². The monoisotopic (exact) mass is 270 g/mol. The number of fused-ring (bicyclic) bond motifs is 1.